The Labute approximate surface area is 457 Å². The highest BCUT2D eigenvalue weighted by Crippen LogP contribution is 2.38. The number of rotatable bonds is 10. The van der Waals surface area contributed by atoms with E-state index in [4.69, 9.17) is 38.7 Å². The number of benzene rings is 10. The first-order chi connectivity index (χ1) is 39.0. The normalized spacial score (nSPS) is 11.5. The van der Waals surface area contributed by atoms with Crippen molar-refractivity contribution in [3.8, 4) is 113 Å². The van der Waals surface area contributed by atoms with E-state index in [1.807, 2.05) is 91.0 Å². The molecule has 370 valence electrons. The topological polar surface area (TPSA) is 104 Å². The molecular weight excluding hydrogens is 989 g/mol. The Morgan fingerprint density at radius 2 is 0.595 bits per heavy atom. The fraction of sp³-hybridized carbons (Fsp3) is 0. The molecule has 5 aromatic heterocycles. The minimum atomic E-state index is 0.597. The highest BCUT2D eigenvalue weighted by atomic mass is 32.1. The number of nitrogens with zero attached hydrogens (tertiary/aromatic N) is 6. The Hall–Kier alpha value is -10.5. The number of para-hydroxylation sites is 1. The van der Waals surface area contributed by atoms with E-state index in [1.165, 1.54) is 20.2 Å². The van der Waals surface area contributed by atoms with Crippen molar-refractivity contribution in [2.75, 3.05) is 0 Å². The van der Waals surface area contributed by atoms with Crippen LogP contribution in [0, 0.1) is 0 Å². The van der Waals surface area contributed by atoms with Crippen molar-refractivity contribution in [3.05, 3.63) is 255 Å². The molecule has 15 aromatic rings. The third-order valence-corrected chi connectivity index (χ3v) is 15.6. The first-order valence-electron chi connectivity index (χ1n) is 26.1. The van der Waals surface area contributed by atoms with Gasteiger partial charge in [-0.2, -0.15) is 0 Å². The molecule has 0 saturated heterocycles. The summed E-state index contributed by atoms with van der Waals surface area (Å²) in [5, 5.41) is 4.60. The van der Waals surface area contributed by atoms with Gasteiger partial charge in [-0.15, -0.1) is 11.3 Å². The van der Waals surface area contributed by atoms with Crippen LogP contribution in [-0.4, -0.2) is 29.9 Å². The van der Waals surface area contributed by atoms with Crippen LogP contribution in [0.4, 0.5) is 0 Å². The van der Waals surface area contributed by atoms with Crippen molar-refractivity contribution in [3.63, 3.8) is 0 Å². The Morgan fingerprint density at radius 1 is 0.228 bits per heavy atom. The summed E-state index contributed by atoms with van der Waals surface area (Å²) in [6.07, 6.45) is 0. The highest BCUT2D eigenvalue weighted by molar-refractivity contribution is 7.25. The third kappa shape index (κ3) is 8.80. The van der Waals surface area contributed by atoms with Gasteiger partial charge < -0.3 is 8.83 Å². The summed E-state index contributed by atoms with van der Waals surface area (Å²) < 4.78 is 15.2. The van der Waals surface area contributed by atoms with E-state index in [2.05, 4.69) is 164 Å². The standard InChI is InChI=1S/C70H42N6O2S/c1-3-11-48(12-4-1)65-71-67(74-68(72-65)51-31-25-46(26-32-51)60-40-54-15-7-9-17-59(54)77-60)50-29-23-44(24-30-50)43-19-21-45(22-20-43)53-35-36-55-41-61(78-62(55)39-53)47-27-33-52(34-28-47)69-73-66(49-13-5-2-6-14-49)75-70(76-69)56-37-38-58-57-16-8-10-18-63(57)79-64(58)42-56/h1-42H. The zero-order chi connectivity index (χ0) is 52.2. The molecule has 0 unspecified atom stereocenters. The van der Waals surface area contributed by atoms with Gasteiger partial charge in [-0.25, -0.2) is 29.9 Å². The number of hydrogen-bond donors (Lipinski definition) is 0. The van der Waals surface area contributed by atoms with Gasteiger partial charge in [0.1, 0.15) is 22.7 Å². The second-order valence-corrected chi connectivity index (χ2v) is 20.6. The maximum Gasteiger partial charge on any atom is 0.164 e. The summed E-state index contributed by atoms with van der Waals surface area (Å²) in [5.74, 6) is 5.28. The van der Waals surface area contributed by atoms with E-state index in [1.54, 1.807) is 11.3 Å². The molecule has 79 heavy (non-hydrogen) atoms. The van der Waals surface area contributed by atoms with Crippen LogP contribution in [-0.2, 0) is 0 Å². The largest absolute Gasteiger partial charge is 0.456 e. The van der Waals surface area contributed by atoms with Gasteiger partial charge in [0, 0.05) is 75.5 Å². The van der Waals surface area contributed by atoms with Crippen molar-refractivity contribution >= 4 is 53.4 Å². The Morgan fingerprint density at radius 3 is 1.13 bits per heavy atom. The lowest BCUT2D eigenvalue weighted by molar-refractivity contribution is 0.631. The summed E-state index contributed by atoms with van der Waals surface area (Å²) in [6.45, 7) is 0. The number of aromatic nitrogens is 6. The van der Waals surface area contributed by atoms with Crippen LogP contribution in [0.15, 0.2) is 264 Å². The Bertz CT molecular complexity index is 4710. The minimum absolute atomic E-state index is 0.597. The molecule has 0 N–H and O–H groups in total. The van der Waals surface area contributed by atoms with Crippen LogP contribution in [0.3, 0.4) is 0 Å². The van der Waals surface area contributed by atoms with Gasteiger partial charge in [-0.1, -0.05) is 218 Å². The first kappa shape index (κ1) is 45.9. The smallest absolute Gasteiger partial charge is 0.164 e. The van der Waals surface area contributed by atoms with Gasteiger partial charge >= 0.3 is 0 Å². The number of furan rings is 2. The number of thiophene rings is 1. The molecule has 15 rings (SSSR count). The fourth-order valence-electron chi connectivity index (χ4n) is 10.3. The summed E-state index contributed by atoms with van der Waals surface area (Å²) in [4.78, 5) is 30.0. The maximum atomic E-state index is 6.55. The molecule has 9 heteroatoms. The van der Waals surface area contributed by atoms with Gasteiger partial charge in [0.15, 0.2) is 34.9 Å². The second kappa shape index (κ2) is 19.3. The lowest BCUT2D eigenvalue weighted by Crippen LogP contribution is -2.00. The highest BCUT2D eigenvalue weighted by Gasteiger charge is 2.18. The predicted octanol–water partition coefficient (Wildman–Crippen LogP) is 18.6. The molecule has 0 aliphatic heterocycles. The van der Waals surface area contributed by atoms with Gasteiger partial charge in [-0.05, 0) is 58.7 Å². The maximum absolute atomic E-state index is 6.55. The Balaban J connectivity index is 0.670. The zero-order valence-electron chi connectivity index (χ0n) is 42.2. The third-order valence-electron chi connectivity index (χ3n) is 14.5. The molecule has 8 nitrogen and oxygen atoms in total. The van der Waals surface area contributed by atoms with E-state index in [0.29, 0.717) is 34.9 Å². The molecular formula is C70H42N6O2S. The molecule has 10 aromatic carbocycles. The van der Waals surface area contributed by atoms with Crippen LogP contribution in [0.25, 0.3) is 155 Å². The van der Waals surface area contributed by atoms with Crippen LogP contribution in [0.1, 0.15) is 0 Å². The number of hydrogen-bond acceptors (Lipinski definition) is 9. The van der Waals surface area contributed by atoms with Gasteiger partial charge in [-0.3, -0.25) is 0 Å². The molecule has 0 aliphatic rings. The van der Waals surface area contributed by atoms with Crippen molar-refractivity contribution in [1.82, 2.24) is 29.9 Å². The second-order valence-electron chi connectivity index (χ2n) is 19.5. The molecule has 0 spiro atoms. The van der Waals surface area contributed by atoms with Gasteiger partial charge in [0.2, 0.25) is 0 Å². The Kier molecular flexibility index (Phi) is 11.2. The molecule has 0 saturated carbocycles. The van der Waals surface area contributed by atoms with Crippen molar-refractivity contribution in [1.29, 1.82) is 0 Å². The quantitative estimate of drug-likeness (QED) is 0.133. The van der Waals surface area contributed by atoms with E-state index in [-0.39, 0.29) is 0 Å². The number of fused-ring (bicyclic) bond motifs is 5. The molecule has 5 heterocycles. The zero-order valence-corrected chi connectivity index (χ0v) is 43.0. The summed E-state index contributed by atoms with van der Waals surface area (Å²) >= 11 is 1.79. The van der Waals surface area contributed by atoms with Gasteiger partial charge in [0.05, 0.1) is 0 Å². The predicted molar refractivity (Wildman–Crippen MR) is 320 cm³/mol. The van der Waals surface area contributed by atoms with E-state index < -0.39 is 0 Å². The molecule has 0 fully saturated rings. The molecule has 0 radical (unpaired) electrons. The molecule has 0 aliphatic carbocycles. The first-order valence-corrected chi connectivity index (χ1v) is 26.9. The fourth-order valence-corrected chi connectivity index (χ4v) is 11.4. The SMILES string of the molecule is c1ccc(-c2nc(-c3ccc(-c4ccc(-c5ccc6cc(-c7ccc(-c8nc(-c9ccccc9)nc(-c9ccc%10c(c9)sc9ccccc9%10)n8)cc7)oc6c5)cc4)cc3)nc(-c3ccc(-c4cc5ccccc5o4)cc3)n2)cc1. The molecule has 0 bridgehead atoms. The van der Waals surface area contributed by atoms with E-state index in [9.17, 15) is 0 Å². The molecule has 0 atom stereocenters. The van der Waals surface area contributed by atoms with E-state index in [0.717, 1.165) is 100 Å². The molecule has 0 amide bonds. The van der Waals surface area contributed by atoms with Crippen molar-refractivity contribution in [2.24, 2.45) is 0 Å². The lowest BCUT2D eigenvalue weighted by atomic mass is 9.99. The minimum Gasteiger partial charge on any atom is -0.456 e. The summed E-state index contributed by atoms with van der Waals surface area (Å²) in [7, 11) is 0. The van der Waals surface area contributed by atoms with E-state index >= 15 is 0 Å². The van der Waals surface area contributed by atoms with Crippen LogP contribution in [0.5, 0.6) is 0 Å². The van der Waals surface area contributed by atoms with Crippen LogP contribution < -0.4 is 0 Å². The average Bonchev–Trinajstić information content (AvgIpc) is 4.35. The van der Waals surface area contributed by atoms with Crippen molar-refractivity contribution < 1.29 is 8.83 Å². The average molecular weight is 1030 g/mol. The van der Waals surface area contributed by atoms with Crippen LogP contribution >= 0.6 is 11.3 Å². The van der Waals surface area contributed by atoms with Crippen LogP contribution in [0.2, 0.25) is 0 Å². The monoisotopic (exact) mass is 1030 g/mol. The lowest BCUT2D eigenvalue weighted by Gasteiger charge is -2.10. The summed E-state index contributed by atoms with van der Waals surface area (Å²) in [5.41, 5.74) is 13.4. The van der Waals surface area contributed by atoms with Crippen molar-refractivity contribution in [2.45, 2.75) is 0 Å². The summed E-state index contributed by atoms with van der Waals surface area (Å²) in [6, 6.07) is 87.2. The van der Waals surface area contributed by atoms with Gasteiger partial charge in [0.25, 0.3) is 0 Å².